The molecule has 6 unspecified atom stereocenters. The number of nitrogens with two attached hydrogens (primary N) is 1. The Morgan fingerprint density at radius 3 is 2.72 bits per heavy atom. The minimum absolute atomic E-state index is 0.0302. The molecule has 3 rings (SSSR count). The molecule has 18 heavy (non-hydrogen) atoms. The molecule has 104 valence electrons. The van der Waals surface area contributed by atoms with Crippen LogP contribution in [0.25, 0.3) is 0 Å². The van der Waals surface area contributed by atoms with Crippen LogP contribution in [0.15, 0.2) is 0 Å². The highest BCUT2D eigenvalue weighted by Crippen LogP contribution is 2.42. The Hall–Kier alpha value is -0.120. The molecular weight excluding hydrogens is 224 g/mol. The lowest BCUT2D eigenvalue weighted by Gasteiger charge is -2.40. The van der Waals surface area contributed by atoms with Crippen LogP contribution in [-0.4, -0.2) is 41.8 Å². The summed E-state index contributed by atoms with van der Waals surface area (Å²) in [5.74, 6) is 2.86. The number of aliphatic hydroxyl groups excluding tert-OH is 1. The number of fused-ring (bicyclic) bond motifs is 1. The van der Waals surface area contributed by atoms with Crippen molar-refractivity contribution in [3.63, 3.8) is 0 Å². The molecule has 1 saturated heterocycles. The van der Waals surface area contributed by atoms with Gasteiger partial charge in [0.2, 0.25) is 0 Å². The van der Waals surface area contributed by atoms with Gasteiger partial charge in [0.05, 0.1) is 6.10 Å². The number of rotatable bonds is 2. The highest BCUT2D eigenvalue weighted by molar-refractivity contribution is 4.98. The van der Waals surface area contributed by atoms with Crippen molar-refractivity contribution < 1.29 is 5.11 Å². The molecule has 3 fully saturated rings. The van der Waals surface area contributed by atoms with Gasteiger partial charge >= 0.3 is 0 Å². The highest BCUT2D eigenvalue weighted by Gasteiger charge is 2.45. The lowest BCUT2D eigenvalue weighted by atomic mass is 9.78. The zero-order chi connectivity index (χ0) is 12.7. The lowest BCUT2D eigenvalue weighted by Crippen LogP contribution is -2.46. The molecule has 6 atom stereocenters. The third kappa shape index (κ3) is 2.21. The van der Waals surface area contributed by atoms with E-state index in [0.717, 1.165) is 31.3 Å². The summed E-state index contributed by atoms with van der Waals surface area (Å²) in [5, 5.41) is 10.0. The van der Waals surface area contributed by atoms with Crippen molar-refractivity contribution in [1.82, 2.24) is 4.90 Å². The Balaban J connectivity index is 1.67. The van der Waals surface area contributed by atoms with E-state index in [1.165, 1.54) is 32.2 Å². The second-order valence-corrected chi connectivity index (χ2v) is 7.00. The SMILES string of the molecule is CC1CCC(CN)C(N2CC3CCC(O)C3C2)C1. The van der Waals surface area contributed by atoms with E-state index in [4.69, 9.17) is 5.73 Å². The normalized spacial score (nSPS) is 49.5. The average Bonchev–Trinajstić information content (AvgIpc) is 2.92. The number of likely N-dealkylation sites (tertiary alicyclic amines) is 1. The van der Waals surface area contributed by atoms with E-state index in [-0.39, 0.29) is 6.10 Å². The average molecular weight is 252 g/mol. The summed E-state index contributed by atoms with van der Waals surface area (Å²) in [6.45, 7) is 5.56. The maximum absolute atomic E-state index is 10.0. The van der Waals surface area contributed by atoms with Crippen molar-refractivity contribution in [2.24, 2.45) is 29.4 Å². The van der Waals surface area contributed by atoms with Gasteiger partial charge in [-0.1, -0.05) is 13.3 Å². The largest absolute Gasteiger partial charge is 0.393 e. The molecule has 0 amide bonds. The number of hydrogen-bond donors (Lipinski definition) is 2. The number of hydrogen-bond acceptors (Lipinski definition) is 3. The summed E-state index contributed by atoms with van der Waals surface area (Å²) < 4.78 is 0. The molecule has 0 bridgehead atoms. The molecule has 1 heterocycles. The summed E-state index contributed by atoms with van der Waals surface area (Å²) in [7, 11) is 0. The van der Waals surface area contributed by atoms with Crippen LogP contribution in [0.1, 0.15) is 39.0 Å². The van der Waals surface area contributed by atoms with Crippen molar-refractivity contribution in [2.45, 2.75) is 51.2 Å². The third-order valence-corrected chi connectivity index (χ3v) is 5.84. The number of aliphatic hydroxyl groups is 1. The molecule has 3 aliphatic rings. The molecule has 0 radical (unpaired) electrons. The zero-order valence-electron chi connectivity index (χ0n) is 11.6. The predicted octanol–water partition coefficient (Wildman–Crippen LogP) is 1.45. The van der Waals surface area contributed by atoms with Crippen LogP contribution < -0.4 is 5.73 Å². The van der Waals surface area contributed by atoms with Gasteiger partial charge in [0.15, 0.2) is 0 Å². The first-order chi connectivity index (χ1) is 8.69. The molecular formula is C15H28N2O. The molecule has 3 nitrogen and oxygen atoms in total. The molecule has 0 aromatic heterocycles. The molecule has 2 aliphatic carbocycles. The van der Waals surface area contributed by atoms with E-state index in [1.54, 1.807) is 0 Å². The minimum atomic E-state index is -0.0302. The maximum Gasteiger partial charge on any atom is 0.0583 e. The van der Waals surface area contributed by atoms with Crippen molar-refractivity contribution in [1.29, 1.82) is 0 Å². The summed E-state index contributed by atoms with van der Waals surface area (Å²) in [6.07, 6.45) is 6.20. The highest BCUT2D eigenvalue weighted by atomic mass is 16.3. The summed E-state index contributed by atoms with van der Waals surface area (Å²) in [6, 6.07) is 0.691. The van der Waals surface area contributed by atoms with E-state index in [9.17, 15) is 5.11 Å². The molecule has 0 spiro atoms. The third-order valence-electron chi connectivity index (χ3n) is 5.84. The maximum atomic E-state index is 10.0. The van der Waals surface area contributed by atoms with Crippen molar-refractivity contribution in [2.75, 3.05) is 19.6 Å². The van der Waals surface area contributed by atoms with Crippen LogP contribution in [0.4, 0.5) is 0 Å². The van der Waals surface area contributed by atoms with Gasteiger partial charge in [0.1, 0.15) is 0 Å². The Bertz CT molecular complexity index is 296. The Morgan fingerprint density at radius 2 is 2.00 bits per heavy atom. The molecule has 3 N–H and O–H groups in total. The van der Waals surface area contributed by atoms with Crippen molar-refractivity contribution >= 4 is 0 Å². The van der Waals surface area contributed by atoms with Crippen LogP contribution in [0.2, 0.25) is 0 Å². The monoisotopic (exact) mass is 252 g/mol. The van der Waals surface area contributed by atoms with E-state index in [0.29, 0.717) is 17.9 Å². The first kappa shape index (κ1) is 12.9. The minimum Gasteiger partial charge on any atom is -0.393 e. The van der Waals surface area contributed by atoms with E-state index >= 15 is 0 Å². The second kappa shape index (κ2) is 5.10. The van der Waals surface area contributed by atoms with Crippen LogP contribution in [0.3, 0.4) is 0 Å². The quantitative estimate of drug-likeness (QED) is 0.782. The second-order valence-electron chi connectivity index (χ2n) is 7.00. The smallest absolute Gasteiger partial charge is 0.0583 e. The topological polar surface area (TPSA) is 49.5 Å². The summed E-state index contributed by atoms with van der Waals surface area (Å²) in [5.41, 5.74) is 5.97. The van der Waals surface area contributed by atoms with Crippen molar-refractivity contribution in [3.8, 4) is 0 Å². The van der Waals surface area contributed by atoms with Crippen LogP contribution in [0.5, 0.6) is 0 Å². The van der Waals surface area contributed by atoms with Gasteiger partial charge < -0.3 is 10.8 Å². The Kier molecular flexibility index (Phi) is 3.65. The summed E-state index contributed by atoms with van der Waals surface area (Å²) in [4.78, 5) is 2.67. The van der Waals surface area contributed by atoms with Gasteiger partial charge in [-0.05, 0) is 50.0 Å². The Morgan fingerprint density at radius 1 is 1.17 bits per heavy atom. The van der Waals surface area contributed by atoms with Gasteiger partial charge in [-0.15, -0.1) is 0 Å². The summed E-state index contributed by atoms with van der Waals surface area (Å²) >= 11 is 0. The molecule has 0 aromatic rings. The van der Waals surface area contributed by atoms with Crippen LogP contribution in [0, 0.1) is 23.7 Å². The fraction of sp³-hybridized carbons (Fsp3) is 1.00. The molecule has 0 aromatic carbocycles. The van der Waals surface area contributed by atoms with Crippen molar-refractivity contribution in [3.05, 3.63) is 0 Å². The molecule has 2 saturated carbocycles. The first-order valence-electron chi connectivity index (χ1n) is 7.81. The fourth-order valence-corrected chi connectivity index (χ4v) is 4.68. The molecule has 1 aliphatic heterocycles. The fourth-order valence-electron chi connectivity index (χ4n) is 4.68. The Labute approximate surface area is 111 Å². The van der Waals surface area contributed by atoms with E-state index in [1.807, 2.05) is 0 Å². The van der Waals surface area contributed by atoms with Crippen LogP contribution >= 0.6 is 0 Å². The van der Waals surface area contributed by atoms with Gasteiger partial charge in [-0.3, -0.25) is 4.90 Å². The van der Waals surface area contributed by atoms with E-state index < -0.39 is 0 Å². The number of nitrogens with zero attached hydrogens (tertiary/aromatic N) is 1. The zero-order valence-corrected chi connectivity index (χ0v) is 11.6. The standard InChI is InChI=1S/C15H28N2O/c1-10-2-3-11(7-16)14(6-10)17-8-12-4-5-15(18)13(12)9-17/h10-15,18H,2-9,16H2,1H3. The van der Waals surface area contributed by atoms with Gasteiger partial charge in [-0.25, -0.2) is 0 Å². The predicted molar refractivity (Wildman–Crippen MR) is 73.1 cm³/mol. The van der Waals surface area contributed by atoms with E-state index in [2.05, 4.69) is 11.8 Å². The van der Waals surface area contributed by atoms with Gasteiger partial charge in [-0.2, -0.15) is 0 Å². The van der Waals surface area contributed by atoms with Gasteiger partial charge in [0, 0.05) is 25.0 Å². The lowest BCUT2D eigenvalue weighted by molar-refractivity contribution is 0.0809. The molecule has 3 heteroatoms. The first-order valence-corrected chi connectivity index (χ1v) is 7.81. The van der Waals surface area contributed by atoms with Gasteiger partial charge in [0.25, 0.3) is 0 Å². The van der Waals surface area contributed by atoms with Crippen LogP contribution in [-0.2, 0) is 0 Å².